The van der Waals surface area contributed by atoms with Crippen molar-refractivity contribution in [1.82, 2.24) is 29.7 Å². The standard InChI is InChI=1S/C60H57N9O9/c1-40(70)61-49-19-13-43(14-20-49)7-10-46-31-52(64-55(34-46)58(73)76-4)37-67-25-27-68(38-53-32-47(35-56(65-53)59(74)77-5)11-8-44-15-21-50(22-16-44)62-41(2)71)29-30-69(28-26-67)39-54-33-48(36-57(66-54)60(75)78-6)12-9-45-17-23-51(24-18-45)63-42(3)72/h13-24,31-36H,25-30,37-39H2,1-6H3,(H,61,70)(H,62,71)(H,63,72). The van der Waals surface area contributed by atoms with Crippen LogP contribution in [0.5, 0.6) is 0 Å². The largest absolute Gasteiger partial charge is 0.464 e. The molecule has 1 aliphatic heterocycles. The Morgan fingerprint density at radius 2 is 0.615 bits per heavy atom. The van der Waals surface area contributed by atoms with Gasteiger partial charge in [-0.1, -0.05) is 35.5 Å². The van der Waals surface area contributed by atoms with Gasteiger partial charge >= 0.3 is 17.9 Å². The molecule has 4 heterocycles. The van der Waals surface area contributed by atoms with Crippen molar-refractivity contribution in [2.24, 2.45) is 0 Å². The second-order valence-electron chi connectivity index (χ2n) is 18.0. The molecule has 0 atom stereocenters. The Balaban J connectivity index is 1.20. The van der Waals surface area contributed by atoms with Crippen LogP contribution >= 0.6 is 0 Å². The molecule has 78 heavy (non-hydrogen) atoms. The first-order valence-corrected chi connectivity index (χ1v) is 24.7. The predicted molar refractivity (Wildman–Crippen MR) is 293 cm³/mol. The Bertz CT molecular complexity index is 3030. The number of nitrogens with zero attached hydrogens (tertiary/aromatic N) is 6. The highest BCUT2D eigenvalue weighted by Crippen LogP contribution is 2.18. The van der Waals surface area contributed by atoms with E-state index in [9.17, 15) is 28.8 Å². The number of hydrogen-bond donors (Lipinski definition) is 3. The van der Waals surface area contributed by atoms with Crippen molar-refractivity contribution in [2.75, 3.05) is 76.5 Å². The van der Waals surface area contributed by atoms with Gasteiger partial charge in [0.1, 0.15) is 17.1 Å². The van der Waals surface area contributed by atoms with E-state index in [0.717, 1.165) is 0 Å². The average Bonchev–Trinajstić information content (AvgIpc) is 3.51. The van der Waals surface area contributed by atoms with Crippen LogP contribution in [0.3, 0.4) is 0 Å². The maximum Gasteiger partial charge on any atom is 0.356 e. The van der Waals surface area contributed by atoms with Crippen molar-refractivity contribution in [2.45, 2.75) is 40.4 Å². The van der Waals surface area contributed by atoms with E-state index in [1.807, 2.05) is 18.2 Å². The van der Waals surface area contributed by atoms with Gasteiger partial charge in [-0.05, 0) is 109 Å². The number of pyridine rings is 3. The van der Waals surface area contributed by atoms with Crippen LogP contribution in [0.15, 0.2) is 109 Å². The lowest BCUT2D eigenvalue weighted by Crippen LogP contribution is -2.36. The molecular weight excluding hydrogens is 991 g/mol. The molecule has 0 unspecified atom stereocenters. The first-order chi connectivity index (χ1) is 37.6. The number of esters is 3. The fourth-order valence-corrected chi connectivity index (χ4v) is 8.15. The van der Waals surface area contributed by atoms with Crippen LogP contribution in [0.25, 0.3) is 0 Å². The summed E-state index contributed by atoms with van der Waals surface area (Å²) in [6.07, 6.45) is 0. The molecule has 1 fully saturated rings. The van der Waals surface area contributed by atoms with E-state index in [2.05, 4.69) is 66.2 Å². The summed E-state index contributed by atoms with van der Waals surface area (Å²) in [7, 11) is 3.89. The van der Waals surface area contributed by atoms with Gasteiger partial charge in [0.15, 0.2) is 0 Å². The molecule has 1 saturated heterocycles. The highest BCUT2D eigenvalue weighted by molar-refractivity contribution is 5.91. The van der Waals surface area contributed by atoms with E-state index in [4.69, 9.17) is 29.2 Å². The van der Waals surface area contributed by atoms with Gasteiger partial charge < -0.3 is 30.2 Å². The minimum Gasteiger partial charge on any atom is -0.464 e. The van der Waals surface area contributed by atoms with Crippen LogP contribution in [0.4, 0.5) is 17.1 Å². The van der Waals surface area contributed by atoms with Crippen molar-refractivity contribution in [1.29, 1.82) is 0 Å². The third-order valence-corrected chi connectivity index (χ3v) is 11.8. The van der Waals surface area contributed by atoms with Crippen LogP contribution in [-0.4, -0.2) is 126 Å². The summed E-state index contributed by atoms with van der Waals surface area (Å²) in [4.78, 5) is 94.6. The molecule has 0 spiro atoms. The predicted octanol–water partition coefficient (Wildman–Crippen LogP) is 6.13. The number of methoxy groups -OCH3 is 3. The quantitative estimate of drug-likeness (QED) is 0.0715. The molecule has 1 aliphatic rings. The first kappa shape index (κ1) is 56.2. The fourth-order valence-electron chi connectivity index (χ4n) is 8.15. The van der Waals surface area contributed by atoms with Crippen molar-refractivity contribution >= 4 is 52.7 Å². The smallest absolute Gasteiger partial charge is 0.356 e. The van der Waals surface area contributed by atoms with Crippen LogP contribution in [0.1, 0.15) is 103 Å². The molecule has 18 nitrogen and oxygen atoms in total. The highest BCUT2D eigenvalue weighted by Gasteiger charge is 2.22. The van der Waals surface area contributed by atoms with E-state index in [1.54, 1.807) is 91.0 Å². The number of carbonyl (C=O) groups is 6. The number of amides is 3. The van der Waals surface area contributed by atoms with Crippen molar-refractivity contribution in [3.05, 3.63) is 177 Å². The van der Waals surface area contributed by atoms with Crippen LogP contribution in [0.2, 0.25) is 0 Å². The third-order valence-electron chi connectivity index (χ3n) is 11.8. The molecule has 3 aromatic heterocycles. The van der Waals surface area contributed by atoms with Gasteiger partial charge in [0.2, 0.25) is 17.7 Å². The molecule has 3 amide bonds. The molecule has 0 saturated carbocycles. The molecule has 3 N–H and O–H groups in total. The van der Waals surface area contributed by atoms with Crippen LogP contribution in [-0.2, 0) is 48.2 Å². The summed E-state index contributed by atoms with van der Waals surface area (Å²) in [5.74, 6) is 16.5. The van der Waals surface area contributed by atoms with Gasteiger partial charge in [-0.15, -0.1) is 0 Å². The molecule has 396 valence electrons. The van der Waals surface area contributed by atoms with Crippen molar-refractivity contribution in [3.63, 3.8) is 0 Å². The molecule has 18 heteroatoms. The van der Waals surface area contributed by atoms with Gasteiger partial charge in [-0.3, -0.25) is 29.1 Å². The number of benzene rings is 3. The molecule has 3 aromatic carbocycles. The van der Waals surface area contributed by atoms with Gasteiger partial charge in [0, 0.05) is 130 Å². The second kappa shape index (κ2) is 27.3. The lowest BCUT2D eigenvalue weighted by molar-refractivity contribution is -0.115. The van der Waals surface area contributed by atoms with E-state index < -0.39 is 17.9 Å². The summed E-state index contributed by atoms with van der Waals surface area (Å²) in [5.41, 5.74) is 7.72. The van der Waals surface area contributed by atoms with Crippen LogP contribution < -0.4 is 16.0 Å². The Morgan fingerprint density at radius 3 is 0.833 bits per heavy atom. The number of ether oxygens (including phenoxy) is 3. The Labute approximate surface area is 452 Å². The lowest BCUT2D eigenvalue weighted by atomic mass is 10.1. The number of aromatic nitrogens is 3. The Kier molecular flexibility index (Phi) is 19.7. The SMILES string of the molecule is COC(=O)c1cc(C#Cc2ccc(NC(C)=O)cc2)cc(CN2CCN(Cc3cc(C#Cc4ccc(NC(C)=O)cc4)cc(C(=O)OC)n3)CCN(Cc3cc(C#Cc4ccc(NC(C)=O)cc4)cc(C(=O)OC)n3)CC2)n1. The van der Waals surface area contributed by atoms with Gasteiger partial charge in [-0.2, -0.15) is 0 Å². The number of anilines is 3. The van der Waals surface area contributed by atoms with E-state index in [0.29, 0.717) is 126 Å². The number of rotatable bonds is 12. The van der Waals surface area contributed by atoms with E-state index in [-0.39, 0.29) is 34.8 Å². The van der Waals surface area contributed by atoms with Crippen molar-refractivity contribution in [3.8, 4) is 35.5 Å². The highest BCUT2D eigenvalue weighted by atomic mass is 16.5. The zero-order valence-corrected chi connectivity index (χ0v) is 44.1. The van der Waals surface area contributed by atoms with Gasteiger partial charge in [0.25, 0.3) is 0 Å². The molecular formula is C60H57N9O9. The summed E-state index contributed by atoms with van der Waals surface area (Å²) >= 11 is 0. The summed E-state index contributed by atoms with van der Waals surface area (Å²) in [6, 6.07) is 31.6. The normalized spacial score (nSPS) is 12.7. The third kappa shape index (κ3) is 17.3. The summed E-state index contributed by atoms with van der Waals surface area (Å²) in [6.45, 7) is 8.63. The van der Waals surface area contributed by atoms with Gasteiger partial charge in [-0.25, -0.2) is 29.3 Å². The summed E-state index contributed by atoms with van der Waals surface area (Å²) in [5, 5.41) is 8.24. The monoisotopic (exact) mass is 1050 g/mol. The first-order valence-electron chi connectivity index (χ1n) is 24.7. The number of nitrogens with one attached hydrogen (secondary N) is 3. The molecule has 0 radical (unpaired) electrons. The molecule has 7 rings (SSSR count). The zero-order valence-electron chi connectivity index (χ0n) is 44.1. The summed E-state index contributed by atoms with van der Waals surface area (Å²) < 4.78 is 15.3. The number of hydrogen-bond acceptors (Lipinski definition) is 15. The minimum absolute atomic E-state index is 0.0998. The van der Waals surface area contributed by atoms with E-state index in [1.165, 1.54) is 42.1 Å². The fraction of sp³-hybridized carbons (Fsp3) is 0.250. The van der Waals surface area contributed by atoms with Crippen molar-refractivity contribution < 1.29 is 43.0 Å². The maximum atomic E-state index is 13.0. The maximum absolute atomic E-state index is 13.0. The second-order valence-corrected chi connectivity index (χ2v) is 18.0. The molecule has 0 bridgehead atoms. The van der Waals surface area contributed by atoms with Gasteiger partial charge in [0.05, 0.1) is 38.4 Å². The molecule has 0 aliphatic carbocycles. The minimum atomic E-state index is -0.613. The Morgan fingerprint density at radius 1 is 0.385 bits per heavy atom. The lowest BCUT2D eigenvalue weighted by Gasteiger charge is -2.25. The number of carbonyl (C=O) groups excluding carboxylic acids is 6. The topological polar surface area (TPSA) is 215 Å². The Hall–Kier alpha value is -9.51. The molecule has 6 aromatic rings. The van der Waals surface area contributed by atoms with E-state index >= 15 is 0 Å². The average molecular weight is 1050 g/mol. The zero-order chi connectivity index (χ0) is 55.6. The van der Waals surface area contributed by atoms with Crippen LogP contribution in [0, 0.1) is 35.5 Å².